The van der Waals surface area contributed by atoms with Crippen molar-refractivity contribution in [1.82, 2.24) is 15.5 Å². The van der Waals surface area contributed by atoms with E-state index in [4.69, 9.17) is 16.1 Å². The van der Waals surface area contributed by atoms with Gasteiger partial charge in [0, 0.05) is 16.1 Å². The minimum atomic E-state index is -0.397. The van der Waals surface area contributed by atoms with Crippen LogP contribution in [0.25, 0.3) is 11.4 Å². The fraction of sp³-hybridized carbons (Fsp3) is 0.167. The molecule has 0 spiro atoms. The van der Waals surface area contributed by atoms with Gasteiger partial charge in [-0.05, 0) is 50.2 Å². The van der Waals surface area contributed by atoms with Crippen LogP contribution in [0.5, 0.6) is 0 Å². The molecule has 0 aliphatic rings. The molecule has 122 valence electrons. The highest BCUT2D eigenvalue weighted by atomic mass is 35.5. The summed E-state index contributed by atoms with van der Waals surface area (Å²) in [5, 5.41) is 7.45. The number of halogens is 1. The number of hydrogen-bond donors (Lipinski definition) is 1. The minimum Gasteiger partial charge on any atom is -0.341 e. The summed E-state index contributed by atoms with van der Waals surface area (Å²) in [6.07, 6.45) is 0. The molecule has 1 amide bonds. The van der Waals surface area contributed by atoms with Gasteiger partial charge in [0.15, 0.2) is 0 Å². The van der Waals surface area contributed by atoms with Gasteiger partial charge >= 0.3 is 0 Å². The fourth-order valence-electron chi connectivity index (χ4n) is 2.26. The van der Waals surface area contributed by atoms with E-state index in [-0.39, 0.29) is 5.91 Å². The van der Waals surface area contributed by atoms with E-state index in [0.717, 1.165) is 11.1 Å². The first-order valence-corrected chi connectivity index (χ1v) is 7.88. The van der Waals surface area contributed by atoms with Gasteiger partial charge in [-0.2, -0.15) is 4.98 Å². The highest BCUT2D eigenvalue weighted by molar-refractivity contribution is 6.30. The van der Waals surface area contributed by atoms with Crippen molar-refractivity contribution >= 4 is 17.5 Å². The number of amides is 1. The normalized spacial score (nSPS) is 12.0. The van der Waals surface area contributed by atoms with Gasteiger partial charge in [0.2, 0.25) is 11.7 Å². The number of aryl methyl sites for hydroxylation is 1. The van der Waals surface area contributed by atoms with E-state index in [1.54, 1.807) is 25.1 Å². The molecule has 1 aromatic heterocycles. The molecule has 1 N–H and O–H groups in total. The number of rotatable bonds is 4. The first kappa shape index (κ1) is 16.2. The second kappa shape index (κ2) is 6.84. The zero-order valence-corrected chi connectivity index (χ0v) is 14.0. The van der Waals surface area contributed by atoms with Gasteiger partial charge in [-0.1, -0.05) is 34.5 Å². The molecule has 0 saturated carbocycles. The monoisotopic (exact) mass is 341 g/mol. The SMILES string of the molecule is Cc1cccc(C(=O)N[C@@H](C)c2nc(-c3ccc(Cl)cc3)no2)c1. The van der Waals surface area contributed by atoms with E-state index < -0.39 is 6.04 Å². The number of nitrogens with zero attached hydrogens (tertiary/aromatic N) is 2. The first-order valence-electron chi connectivity index (χ1n) is 7.50. The van der Waals surface area contributed by atoms with Gasteiger partial charge in [0.25, 0.3) is 5.91 Å². The summed E-state index contributed by atoms with van der Waals surface area (Å²) in [6.45, 7) is 3.74. The molecule has 0 unspecified atom stereocenters. The predicted molar refractivity (Wildman–Crippen MR) is 91.8 cm³/mol. The van der Waals surface area contributed by atoms with Crippen molar-refractivity contribution in [3.05, 3.63) is 70.6 Å². The molecule has 5 nitrogen and oxygen atoms in total. The number of benzene rings is 2. The van der Waals surface area contributed by atoms with Crippen molar-refractivity contribution in [2.75, 3.05) is 0 Å². The van der Waals surface area contributed by atoms with Crippen molar-refractivity contribution in [3.63, 3.8) is 0 Å². The summed E-state index contributed by atoms with van der Waals surface area (Å²) in [6, 6.07) is 14.1. The first-order chi connectivity index (χ1) is 11.5. The Labute approximate surface area is 144 Å². The van der Waals surface area contributed by atoms with Crippen LogP contribution < -0.4 is 5.32 Å². The van der Waals surface area contributed by atoms with Gasteiger partial charge < -0.3 is 9.84 Å². The van der Waals surface area contributed by atoms with E-state index in [1.807, 2.05) is 37.3 Å². The maximum atomic E-state index is 12.3. The van der Waals surface area contributed by atoms with Crippen LogP contribution in [0.1, 0.15) is 34.8 Å². The van der Waals surface area contributed by atoms with E-state index >= 15 is 0 Å². The third-order valence-corrected chi connectivity index (χ3v) is 3.79. The molecule has 0 aliphatic carbocycles. The lowest BCUT2D eigenvalue weighted by Crippen LogP contribution is -2.26. The zero-order chi connectivity index (χ0) is 17.1. The maximum absolute atomic E-state index is 12.3. The quantitative estimate of drug-likeness (QED) is 0.772. The Morgan fingerprint density at radius 2 is 1.96 bits per heavy atom. The molecule has 6 heteroatoms. The van der Waals surface area contributed by atoms with Crippen molar-refractivity contribution in [3.8, 4) is 11.4 Å². The van der Waals surface area contributed by atoms with Crippen LogP contribution in [0.2, 0.25) is 5.02 Å². The largest absolute Gasteiger partial charge is 0.341 e. The molecule has 3 aromatic rings. The highest BCUT2D eigenvalue weighted by Gasteiger charge is 2.18. The van der Waals surface area contributed by atoms with Crippen LogP contribution in [-0.4, -0.2) is 16.0 Å². The van der Waals surface area contributed by atoms with Crippen molar-refractivity contribution < 1.29 is 9.32 Å². The molecule has 1 atom stereocenters. The van der Waals surface area contributed by atoms with Gasteiger partial charge in [-0.25, -0.2) is 0 Å². The smallest absolute Gasteiger partial charge is 0.251 e. The third-order valence-electron chi connectivity index (χ3n) is 3.54. The molecular formula is C18H16ClN3O2. The standard InChI is InChI=1S/C18H16ClN3O2/c1-11-4-3-5-14(10-11)17(23)20-12(2)18-21-16(22-24-18)13-6-8-15(19)9-7-13/h3-10,12H,1-2H3,(H,20,23)/t12-/m0/s1. The summed E-state index contributed by atoms with van der Waals surface area (Å²) in [5.74, 6) is 0.622. The average Bonchev–Trinajstić information content (AvgIpc) is 3.05. The molecule has 1 heterocycles. The van der Waals surface area contributed by atoms with Crippen LogP contribution >= 0.6 is 11.6 Å². The minimum absolute atomic E-state index is 0.183. The molecule has 0 bridgehead atoms. The van der Waals surface area contributed by atoms with Gasteiger partial charge in [0.05, 0.1) is 0 Å². The maximum Gasteiger partial charge on any atom is 0.251 e. The molecule has 3 rings (SSSR count). The Bertz CT molecular complexity index is 859. The van der Waals surface area contributed by atoms with Crippen LogP contribution in [0.3, 0.4) is 0 Å². The summed E-state index contributed by atoms with van der Waals surface area (Å²) < 4.78 is 5.26. The van der Waals surface area contributed by atoms with Crippen molar-refractivity contribution in [2.24, 2.45) is 0 Å². The Morgan fingerprint density at radius 3 is 2.67 bits per heavy atom. The fourth-order valence-corrected chi connectivity index (χ4v) is 2.38. The Morgan fingerprint density at radius 1 is 1.21 bits per heavy atom. The van der Waals surface area contributed by atoms with E-state index in [0.29, 0.717) is 22.3 Å². The van der Waals surface area contributed by atoms with Crippen LogP contribution in [0.4, 0.5) is 0 Å². The molecule has 0 saturated heterocycles. The second-order valence-electron chi connectivity index (χ2n) is 5.53. The zero-order valence-electron chi connectivity index (χ0n) is 13.3. The molecular weight excluding hydrogens is 326 g/mol. The van der Waals surface area contributed by atoms with Crippen LogP contribution in [-0.2, 0) is 0 Å². The highest BCUT2D eigenvalue weighted by Crippen LogP contribution is 2.21. The molecule has 24 heavy (non-hydrogen) atoms. The number of carbonyl (C=O) groups is 1. The number of carbonyl (C=O) groups excluding carboxylic acids is 1. The van der Waals surface area contributed by atoms with E-state index in [1.165, 1.54) is 0 Å². The Hall–Kier alpha value is -2.66. The van der Waals surface area contributed by atoms with Crippen LogP contribution in [0, 0.1) is 6.92 Å². The average molecular weight is 342 g/mol. The topological polar surface area (TPSA) is 68.0 Å². The lowest BCUT2D eigenvalue weighted by molar-refractivity contribution is 0.0932. The summed E-state index contributed by atoms with van der Waals surface area (Å²) >= 11 is 5.87. The van der Waals surface area contributed by atoms with Gasteiger partial charge in [0.1, 0.15) is 6.04 Å². The summed E-state index contributed by atoms with van der Waals surface area (Å²) in [5.41, 5.74) is 2.42. The molecule has 0 radical (unpaired) electrons. The Balaban J connectivity index is 1.73. The predicted octanol–water partition coefficient (Wildman–Crippen LogP) is 4.19. The van der Waals surface area contributed by atoms with Crippen molar-refractivity contribution in [1.29, 1.82) is 0 Å². The molecule has 0 aliphatic heterocycles. The number of aromatic nitrogens is 2. The lowest BCUT2D eigenvalue weighted by Gasteiger charge is -2.09. The lowest BCUT2D eigenvalue weighted by atomic mass is 10.1. The van der Waals surface area contributed by atoms with Crippen molar-refractivity contribution in [2.45, 2.75) is 19.9 Å². The van der Waals surface area contributed by atoms with E-state index in [2.05, 4.69) is 15.5 Å². The number of nitrogens with one attached hydrogen (secondary N) is 1. The number of hydrogen-bond acceptors (Lipinski definition) is 4. The summed E-state index contributed by atoms with van der Waals surface area (Å²) in [4.78, 5) is 16.6. The molecule has 2 aromatic carbocycles. The molecule has 0 fully saturated rings. The van der Waals surface area contributed by atoms with E-state index in [9.17, 15) is 4.79 Å². The summed E-state index contributed by atoms with van der Waals surface area (Å²) in [7, 11) is 0. The van der Waals surface area contributed by atoms with Gasteiger partial charge in [-0.15, -0.1) is 0 Å². The third kappa shape index (κ3) is 3.63. The second-order valence-corrected chi connectivity index (χ2v) is 5.96. The van der Waals surface area contributed by atoms with Gasteiger partial charge in [-0.3, -0.25) is 4.79 Å². The van der Waals surface area contributed by atoms with Crippen LogP contribution in [0.15, 0.2) is 53.1 Å². The Kier molecular flexibility index (Phi) is 4.62.